The molecule has 100 valence electrons. The van der Waals surface area contributed by atoms with Crippen LogP contribution in [-0.2, 0) is 5.88 Å². The van der Waals surface area contributed by atoms with Gasteiger partial charge in [-0.2, -0.15) is 0 Å². The van der Waals surface area contributed by atoms with Gasteiger partial charge in [0.15, 0.2) is 5.82 Å². The molecule has 0 saturated heterocycles. The zero-order valence-electron chi connectivity index (χ0n) is 10.3. The van der Waals surface area contributed by atoms with Crippen molar-refractivity contribution >= 4 is 11.6 Å². The zero-order valence-corrected chi connectivity index (χ0v) is 11.1. The van der Waals surface area contributed by atoms with Gasteiger partial charge in [0.05, 0.1) is 11.4 Å². The number of aromatic nitrogens is 3. The van der Waals surface area contributed by atoms with Crippen LogP contribution < -0.4 is 0 Å². The SMILES string of the molecule is Cc1cc(-c2nnc(CCl)n2C2CC2)c(F)cc1F. The maximum atomic E-state index is 13.9. The average molecular weight is 284 g/mol. The minimum Gasteiger partial charge on any atom is -0.307 e. The Hall–Kier alpha value is -1.49. The number of benzene rings is 1. The fourth-order valence-electron chi connectivity index (χ4n) is 2.14. The first-order valence-corrected chi connectivity index (χ1v) is 6.61. The van der Waals surface area contributed by atoms with E-state index in [-0.39, 0.29) is 17.5 Å². The highest BCUT2D eigenvalue weighted by Gasteiger charge is 2.30. The number of alkyl halides is 1. The minimum atomic E-state index is -0.626. The van der Waals surface area contributed by atoms with Crippen molar-refractivity contribution in [1.82, 2.24) is 14.8 Å². The standard InChI is InChI=1S/C13H12ClF2N3/c1-7-4-9(11(16)5-10(7)15)13-18-17-12(6-14)19(13)8-2-3-8/h4-5,8H,2-3,6H2,1H3. The topological polar surface area (TPSA) is 30.7 Å². The number of aryl methyl sites for hydroxylation is 1. The normalized spacial score (nSPS) is 14.9. The van der Waals surface area contributed by atoms with Crippen molar-refractivity contribution in [3.05, 3.63) is 35.2 Å². The van der Waals surface area contributed by atoms with E-state index in [2.05, 4.69) is 10.2 Å². The number of hydrogen-bond acceptors (Lipinski definition) is 2. The van der Waals surface area contributed by atoms with Gasteiger partial charge >= 0.3 is 0 Å². The first kappa shape index (κ1) is 12.5. The predicted octanol–water partition coefficient (Wildman–Crippen LogP) is 3.61. The maximum Gasteiger partial charge on any atom is 0.167 e. The first-order valence-electron chi connectivity index (χ1n) is 6.07. The lowest BCUT2D eigenvalue weighted by Crippen LogP contribution is -2.03. The van der Waals surface area contributed by atoms with E-state index in [1.165, 1.54) is 6.07 Å². The molecule has 0 amide bonds. The molecule has 1 fully saturated rings. The smallest absolute Gasteiger partial charge is 0.167 e. The Morgan fingerprint density at radius 1 is 1.26 bits per heavy atom. The van der Waals surface area contributed by atoms with E-state index in [0.717, 1.165) is 18.9 Å². The fourth-order valence-corrected chi connectivity index (χ4v) is 2.33. The molecule has 0 aliphatic heterocycles. The number of hydrogen-bond donors (Lipinski definition) is 0. The molecule has 0 spiro atoms. The van der Waals surface area contributed by atoms with Crippen LogP contribution in [0.25, 0.3) is 11.4 Å². The molecular formula is C13H12ClF2N3. The Balaban J connectivity index is 2.17. The third-order valence-corrected chi connectivity index (χ3v) is 3.53. The molecule has 3 nitrogen and oxygen atoms in total. The van der Waals surface area contributed by atoms with Crippen LogP contribution in [0.15, 0.2) is 12.1 Å². The van der Waals surface area contributed by atoms with Gasteiger partial charge in [0.1, 0.15) is 17.5 Å². The molecule has 1 heterocycles. The minimum absolute atomic E-state index is 0.227. The predicted molar refractivity (Wildman–Crippen MR) is 67.9 cm³/mol. The van der Waals surface area contributed by atoms with Gasteiger partial charge in [-0.05, 0) is 31.4 Å². The summed E-state index contributed by atoms with van der Waals surface area (Å²) in [6.07, 6.45) is 2.02. The van der Waals surface area contributed by atoms with E-state index < -0.39 is 11.6 Å². The highest BCUT2D eigenvalue weighted by molar-refractivity contribution is 6.16. The quantitative estimate of drug-likeness (QED) is 0.806. The van der Waals surface area contributed by atoms with Gasteiger partial charge in [-0.15, -0.1) is 21.8 Å². The van der Waals surface area contributed by atoms with Crippen LogP contribution in [0, 0.1) is 18.6 Å². The van der Waals surface area contributed by atoms with E-state index in [1.807, 2.05) is 4.57 Å². The Labute approximate surface area is 114 Å². The van der Waals surface area contributed by atoms with Gasteiger partial charge in [-0.3, -0.25) is 0 Å². The number of nitrogens with zero attached hydrogens (tertiary/aromatic N) is 3. The third kappa shape index (κ3) is 2.12. The Morgan fingerprint density at radius 3 is 2.63 bits per heavy atom. The summed E-state index contributed by atoms with van der Waals surface area (Å²) >= 11 is 5.82. The maximum absolute atomic E-state index is 13.9. The molecular weight excluding hydrogens is 272 g/mol. The van der Waals surface area contributed by atoms with E-state index >= 15 is 0 Å². The van der Waals surface area contributed by atoms with Crippen molar-refractivity contribution in [1.29, 1.82) is 0 Å². The molecule has 2 aromatic rings. The third-order valence-electron chi connectivity index (χ3n) is 3.29. The van der Waals surface area contributed by atoms with Gasteiger partial charge in [0, 0.05) is 12.1 Å². The monoisotopic (exact) mass is 283 g/mol. The van der Waals surface area contributed by atoms with Gasteiger partial charge < -0.3 is 4.57 Å². The molecule has 0 radical (unpaired) electrons. The molecule has 1 aromatic heterocycles. The van der Waals surface area contributed by atoms with Gasteiger partial charge in [0.25, 0.3) is 0 Å². The van der Waals surface area contributed by atoms with Crippen molar-refractivity contribution in [3.63, 3.8) is 0 Å². The van der Waals surface area contributed by atoms with Crippen molar-refractivity contribution in [2.75, 3.05) is 0 Å². The molecule has 1 aliphatic carbocycles. The molecule has 0 atom stereocenters. The Bertz CT molecular complexity index is 635. The Kier molecular flexibility index (Phi) is 3.01. The van der Waals surface area contributed by atoms with Crippen LogP contribution in [0.4, 0.5) is 8.78 Å². The lowest BCUT2D eigenvalue weighted by Gasteiger charge is -2.09. The highest BCUT2D eigenvalue weighted by Crippen LogP contribution is 2.39. The zero-order chi connectivity index (χ0) is 13.6. The summed E-state index contributed by atoms with van der Waals surface area (Å²) in [5.74, 6) is 0.0970. The number of halogens is 3. The fraction of sp³-hybridized carbons (Fsp3) is 0.385. The van der Waals surface area contributed by atoms with Gasteiger partial charge in [-0.1, -0.05) is 0 Å². The van der Waals surface area contributed by atoms with E-state index in [4.69, 9.17) is 11.6 Å². The second kappa shape index (κ2) is 4.56. The summed E-state index contributed by atoms with van der Waals surface area (Å²) in [5, 5.41) is 8.00. The van der Waals surface area contributed by atoms with Crippen LogP contribution in [0.2, 0.25) is 0 Å². The summed E-state index contributed by atoms with van der Waals surface area (Å²) in [6, 6.07) is 2.63. The van der Waals surface area contributed by atoms with Crippen LogP contribution in [0.1, 0.15) is 30.3 Å². The number of rotatable bonds is 3. The van der Waals surface area contributed by atoms with E-state index in [1.54, 1.807) is 6.92 Å². The average Bonchev–Trinajstić information content (AvgIpc) is 3.13. The summed E-state index contributed by atoms with van der Waals surface area (Å²) in [5.41, 5.74) is 0.656. The van der Waals surface area contributed by atoms with Crippen molar-refractivity contribution in [2.24, 2.45) is 0 Å². The molecule has 3 rings (SSSR count). The second-order valence-electron chi connectivity index (χ2n) is 4.76. The van der Waals surface area contributed by atoms with Crippen molar-refractivity contribution in [2.45, 2.75) is 31.7 Å². The van der Waals surface area contributed by atoms with Crippen LogP contribution in [0.5, 0.6) is 0 Å². The molecule has 0 unspecified atom stereocenters. The van der Waals surface area contributed by atoms with Crippen LogP contribution in [-0.4, -0.2) is 14.8 Å². The molecule has 19 heavy (non-hydrogen) atoms. The second-order valence-corrected chi connectivity index (χ2v) is 5.02. The summed E-state index contributed by atoms with van der Waals surface area (Å²) in [7, 11) is 0. The summed E-state index contributed by atoms with van der Waals surface area (Å²) in [6.45, 7) is 1.60. The largest absolute Gasteiger partial charge is 0.307 e. The first-order chi connectivity index (χ1) is 9.11. The molecule has 1 saturated carbocycles. The summed E-state index contributed by atoms with van der Waals surface area (Å²) < 4.78 is 29.1. The lowest BCUT2D eigenvalue weighted by atomic mass is 10.1. The molecule has 1 aliphatic rings. The molecule has 0 N–H and O–H groups in total. The van der Waals surface area contributed by atoms with Crippen molar-refractivity contribution < 1.29 is 8.78 Å². The lowest BCUT2D eigenvalue weighted by molar-refractivity contribution is 0.577. The van der Waals surface area contributed by atoms with Crippen molar-refractivity contribution in [3.8, 4) is 11.4 Å². The van der Waals surface area contributed by atoms with E-state index in [0.29, 0.717) is 17.2 Å². The Morgan fingerprint density at radius 2 is 2.00 bits per heavy atom. The van der Waals surface area contributed by atoms with E-state index in [9.17, 15) is 8.78 Å². The molecule has 1 aromatic carbocycles. The molecule has 6 heteroatoms. The van der Waals surface area contributed by atoms with Gasteiger partial charge in [-0.25, -0.2) is 8.78 Å². The highest BCUT2D eigenvalue weighted by atomic mass is 35.5. The summed E-state index contributed by atoms with van der Waals surface area (Å²) in [4.78, 5) is 0. The van der Waals surface area contributed by atoms with Crippen LogP contribution in [0.3, 0.4) is 0 Å². The van der Waals surface area contributed by atoms with Gasteiger partial charge in [0.2, 0.25) is 0 Å². The van der Waals surface area contributed by atoms with Crippen LogP contribution >= 0.6 is 11.6 Å². The molecule has 0 bridgehead atoms.